The molecule has 92 valence electrons. The molecule has 0 saturated heterocycles. The van der Waals surface area contributed by atoms with E-state index >= 15 is 0 Å². The number of rotatable bonds is 4. The van der Waals surface area contributed by atoms with Crippen molar-refractivity contribution < 1.29 is 9.21 Å². The van der Waals surface area contributed by atoms with E-state index < -0.39 is 0 Å². The lowest BCUT2D eigenvalue weighted by molar-refractivity contribution is 0.0794. The number of carbonyl (C=O) groups excluding carboxylic acids is 1. The summed E-state index contributed by atoms with van der Waals surface area (Å²) in [7, 11) is 0. The summed E-state index contributed by atoms with van der Waals surface area (Å²) in [5.41, 5.74) is 6.22. The number of oxazole rings is 1. The minimum Gasteiger partial charge on any atom is -0.446 e. The maximum Gasteiger partial charge on any atom is 0.276 e. The average molecular weight is 235 g/mol. The number of hydrogen-bond donors (Lipinski definition) is 1. The zero-order valence-electron chi connectivity index (χ0n) is 9.93. The van der Waals surface area contributed by atoms with Gasteiger partial charge in [-0.1, -0.05) is 25.5 Å². The fourth-order valence-corrected chi connectivity index (χ4v) is 1.80. The van der Waals surface area contributed by atoms with Crippen molar-refractivity contribution in [2.45, 2.75) is 25.8 Å². The van der Waals surface area contributed by atoms with Crippen LogP contribution in [0.15, 0.2) is 22.8 Å². The molecule has 1 aliphatic rings. The van der Waals surface area contributed by atoms with Crippen LogP contribution in [-0.2, 0) is 0 Å². The lowest BCUT2D eigenvalue weighted by atomic mass is 10.2. The van der Waals surface area contributed by atoms with Gasteiger partial charge in [0.05, 0.1) is 6.04 Å². The fourth-order valence-electron chi connectivity index (χ4n) is 1.80. The molecule has 0 spiro atoms. The molecule has 0 fully saturated rings. The third-order valence-electron chi connectivity index (χ3n) is 2.76. The van der Waals surface area contributed by atoms with Gasteiger partial charge in [0.2, 0.25) is 5.89 Å². The molecule has 2 heterocycles. The number of amides is 1. The van der Waals surface area contributed by atoms with Crippen LogP contribution in [0.2, 0.25) is 0 Å². The highest BCUT2D eigenvalue weighted by Crippen LogP contribution is 2.16. The maximum absolute atomic E-state index is 12.0. The highest BCUT2D eigenvalue weighted by Gasteiger charge is 2.21. The van der Waals surface area contributed by atoms with Crippen LogP contribution >= 0.6 is 0 Å². The molecule has 1 unspecified atom stereocenters. The van der Waals surface area contributed by atoms with Crippen LogP contribution in [-0.4, -0.2) is 28.9 Å². The molecule has 5 heteroatoms. The average Bonchev–Trinajstić information content (AvgIpc) is 3.00. The summed E-state index contributed by atoms with van der Waals surface area (Å²) >= 11 is 0. The Morgan fingerprint density at radius 3 is 2.94 bits per heavy atom. The molecular weight excluding hydrogens is 218 g/mol. The third-order valence-corrected chi connectivity index (χ3v) is 2.76. The highest BCUT2D eigenvalue weighted by atomic mass is 16.3. The van der Waals surface area contributed by atoms with Crippen LogP contribution in [0.1, 0.15) is 42.2 Å². The summed E-state index contributed by atoms with van der Waals surface area (Å²) in [4.78, 5) is 17.8. The molecule has 1 aromatic heterocycles. The predicted molar refractivity (Wildman–Crippen MR) is 63.4 cm³/mol. The zero-order valence-corrected chi connectivity index (χ0v) is 9.93. The van der Waals surface area contributed by atoms with E-state index in [9.17, 15) is 4.79 Å². The van der Waals surface area contributed by atoms with Crippen molar-refractivity contribution in [3.63, 3.8) is 0 Å². The first-order valence-corrected chi connectivity index (χ1v) is 5.87. The Balaban J connectivity index is 2.04. The van der Waals surface area contributed by atoms with Crippen molar-refractivity contribution in [2.24, 2.45) is 5.73 Å². The van der Waals surface area contributed by atoms with Gasteiger partial charge in [-0.25, -0.2) is 4.98 Å². The molecule has 1 atom stereocenters. The molecule has 0 aromatic carbocycles. The molecule has 0 aliphatic carbocycles. The molecule has 0 radical (unpaired) electrons. The van der Waals surface area contributed by atoms with Crippen LogP contribution < -0.4 is 5.73 Å². The van der Waals surface area contributed by atoms with Crippen molar-refractivity contribution >= 4 is 5.91 Å². The largest absolute Gasteiger partial charge is 0.446 e. The molecule has 0 bridgehead atoms. The Morgan fingerprint density at radius 2 is 2.29 bits per heavy atom. The second-order valence-corrected chi connectivity index (χ2v) is 4.15. The summed E-state index contributed by atoms with van der Waals surface area (Å²) in [5, 5.41) is 0. The Labute approximate surface area is 100 Å². The molecule has 5 nitrogen and oxygen atoms in total. The Kier molecular flexibility index (Phi) is 3.58. The Morgan fingerprint density at radius 1 is 1.59 bits per heavy atom. The number of nitrogens with zero attached hydrogens (tertiary/aromatic N) is 2. The Hall–Kier alpha value is -1.62. The number of carbonyl (C=O) groups is 1. The van der Waals surface area contributed by atoms with Crippen molar-refractivity contribution in [1.82, 2.24) is 9.88 Å². The minimum atomic E-state index is -0.224. The van der Waals surface area contributed by atoms with Crippen LogP contribution in [0.4, 0.5) is 0 Å². The quantitative estimate of drug-likeness (QED) is 0.802. The summed E-state index contributed by atoms with van der Waals surface area (Å²) < 4.78 is 5.26. The van der Waals surface area contributed by atoms with Gasteiger partial charge in [-0.05, 0) is 6.42 Å². The monoisotopic (exact) mass is 235 g/mol. The fraction of sp³-hybridized carbons (Fsp3) is 0.500. The van der Waals surface area contributed by atoms with Gasteiger partial charge in [-0.2, -0.15) is 0 Å². The van der Waals surface area contributed by atoms with Gasteiger partial charge in [0.15, 0.2) is 5.69 Å². The minimum absolute atomic E-state index is 0.103. The summed E-state index contributed by atoms with van der Waals surface area (Å²) in [5.74, 6) is 0.344. The molecule has 1 aliphatic heterocycles. The third kappa shape index (κ3) is 2.55. The van der Waals surface area contributed by atoms with Crippen LogP contribution in [0.5, 0.6) is 0 Å². The van der Waals surface area contributed by atoms with Crippen molar-refractivity contribution in [2.75, 3.05) is 13.1 Å². The number of nitrogens with two attached hydrogens (primary N) is 1. The van der Waals surface area contributed by atoms with E-state index in [-0.39, 0.29) is 11.9 Å². The van der Waals surface area contributed by atoms with Gasteiger partial charge in [0, 0.05) is 13.1 Å². The van der Waals surface area contributed by atoms with E-state index in [2.05, 4.69) is 4.98 Å². The van der Waals surface area contributed by atoms with Crippen molar-refractivity contribution in [3.05, 3.63) is 30.0 Å². The van der Waals surface area contributed by atoms with Gasteiger partial charge in [-0.3, -0.25) is 4.79 Å². The SMILES string of the molecule is CCCC(N)c1nc(C(=O)N2CC=CC2)co1. The van der Waals surface area contributed by atoms with Gasteiger partial charge in [0.1, 0.15) is 6.26 Å². The van der Waals surface area contributed by atoms with E-state index in [0.29, 0.717) is 24.7 Å². The van der Waals surface area contributed by atoms with Crippen LogP contribution in [0, 0.1) is 0 Å². The molecule has 2 rings (SSSR count). The lowest BCUT2D eigenvalue weighted by Gasteiger charge is -2.12. The van der Waals surface area contributed by atoms with E-state index in [1.165, 1.54) is 6.26 Å². The summed E-state index contributed by atoms with van der Waals surface area (Å²) in [6.45, 7) is 3.33. The van der Waals surface area contributed by atoms with Crippen LogP contribution in [0.25, 0.3) is 0 Å². The predicted octanol–water partition coefficient (Wildman–Crippen LogP) is 1.49. The van der Waals surface area contributed by atoms with E-state index in [0.717, 1.165) is 12.8 Å². The van der Waals surface area contributed by atoms with E-state index in [1.54, 1.807) is 4.90 Å². The topological polar surface area (TPSA) is 72.4 Å². The summed E-state index contributed by atoms with van der Waals surface area (Å²) in [6.07, 6.45) is 7.08. The normalized spacial score (nSPS) is 16.5. The molecule has 1 amide bonds. The van der Waals surface area contributed by atoms with Crippen LogP contribution in [0.3, 0.4) is 0 Å². The zero-order chi connectivity index (χ0) is 12.3. The smallest absolute Gasteiger partial charge is 0.276 e. The first kappa shape index (κ1) is 11.9. The van der Waals surface area contributed by atoms with Crippen molar-refractivity contribution in [1.29, 1.82) is 0 Å². The standard InChI is InChI=1S/C12H17N3O2/c1-2-5-9(13)11-14-10(8-17-11)12(16)15-6-3-4-7-15/h3-4,8-9H,2,5-7,13H2,1H3. The molecule has 0 saturated carbocycles. The van der Waals surface area contributed by atoms with E-state index in [4.69, 9.17) is 10.2 Å². The van der Waals surface area contributed by atoms with Gasteiger partial charge >= 0.3 is 0 Å². The first-order valence-electron chi connectivity index (χ1n) is 5.87. The summed E-state index contributed by atoms with van der Waals surface area (Å²) in [6, 6.07) is -0.224. The second-order valence-electron chi connectivity index (χ2n) is 4.15. The number of hydrogen-bond acceptors (Lipinski definition) is 4. The maximum atomic E-state index is 12.0. The van der Waals surface area contributed by atoms with Gasteiger partial charge < -0.3 is 15.1 Å². The van der Waals surface area contributed by atoms with Gasteiger partial charge in [-0.15, -0.1) is 0 Å². The van der Waals surface area contributed by atoms with Gasteiger partial charge in [0.25, 0.3) is 5.91 Å². The molecule has 17 heavy (non-hydrogen) atoms. The number of aromatic nitrogens is 1. The van der Waals surface area contributed by atoms with E-state index in [1.807, 2.05) is 19.1 Å². The van der Waals surface area contributed by atoms with Crippen molar-refractivity contribution in [3.8, 4) is 0 Å². The first-order chi connectivity index (χ1) is 8.22. The molecule has 1 aromatic rings. The second kappa shape index (κ2) is 5.14. The molecular formula is C12H17N3O2. The Bertz CT molecular complexity index is 417. The lowest BCUT2D eigenvalue weighted by Crippen LogP contribution is -2.28. The molecule has 2 N–H and O–H groups in total. The highest BCUT2D eigenvalue weighted by molar-refractivity contribution is 5.92.